The first-order valence-electron chi connectivity index (χ1n) is 4.94. The summed E-state index contributed by atoms with van der Waals surface area (Å²) in [4.78, 5) is 23.0. The fourth-order valence-corrected chi connectivity index (χ4v) is 1.46. The van der Waals surface area contributed by atoms with Crippen LogP contribution >= 0.6 is 0 Å². The maximum absolute atomic E-state index is 13.4. The highest BCUT2D eigenvalue weighted by Gasteiger charge is 2.16. The number of rotatable bonds is 5. The molecule has 0 aliphatic carbocycles. The smallest absolute Gasteiger partial charge is 0.305 e. The molecule has 3 N–H and O–H groups in total. The molecule has 0 aliphatic rings. The average Bonchev–Trinajstić information content (AvgIpc) is 2.24. The summed E-state index contributed by atoms with van der Waals surface area (Å²) in [6.45, 7) is 0.166. The molecule has 0 saturated carbocycles. The Balaban J connectivity index is 3.00. The molecule has 0 fully saturated rings. The summed E-state index contributed by atoms with van der Waals surface area (Å²) >= 11 is 0. The second kappa shape index (κ2) is 5.29. The van der Waals surface area contributed by atoms with Crippen molar-refractivity contribution in [3.8, 4) is 0 Å². The maximum atomic E-state index is 13.4. The first-order chi connectivity index (χ1) is 7.93. The lowest BCUT2D eigenvalue weighted by Crippen LogP contribution is -2.25. The van der Waals surface area contributed by atoms with Gasteiger partial charge in [-0.3, -0.25) is 9.59 Å². The number of carbonyl (C=O) groups excluding carboxylic acids is 1. The van der Waals surface area contributed by atoms with Crippen molar-refractivity contribution in [3.63, 3.8) is 0 Å². The molecular formula is C11H13FN2O3. The molecule has 17 heavy (non-hydrogen) atoms. The van der Waals surface area contributed by atoms with Crippen LogP contribution in [0.4, 0.5) is 10.1 Å². The van der Waals surface area contributed by atoms with Crippen LogP contribution in [0.2, 0.25) is 0 Å². The van der Waals surface area contributed by atoms with Crippen LogP contribution in [0, 0.1) is 5.82 Å². The number of primary amides is 1. The third-order valence-corrected chi connectivity index (χ3v) is 2.31. The Bertz CT molecular complexity index is 448. The van der Waals surface area contributed by atoms with Crippen molar-refractivity contribution in [1.29, 1.82) is 0 Å². The molecule has 92 valence electrons. The lowest BCUT2D eigenvalue weighted by molar-refractivity contribution is -0.136. The normalized spacial score (nSPS) is 10.0. The summed E-state index contributed by atoms with van der Waals surface area (Å²) in [5, 5.41) is 8.55. The quantitative estimate of drug-likeness (QED) is 0.798. The van der Waals surface area contributed by atoms with Gasteiger partial charge in [-0.1, -0.05) is 6.07 Å². The third kappa shape index (κ3) is 3.17. The van der Waals surface area contributed by atoms with Crippen molar-refractivity contribution in [1.82, 2.24) is 0 Å². The molecule has 0 saturated heterocycles. The number of nitrogens with two attached hydrogens (primary N) is 1. The van der Waals surface area contributed by atoms with E-state index in [1.54, 1.807) is 7.05 Å². The van der Waals surface area contributed by atoms with Gasteiger partial charge in [0.05, 0.1) is 17.7 Å². The van der Waals surface area contributed by atoms with Crippen molar-refractivity contribution in [2.24, 2.45) is 5.73 Å². The van der Waals surface area contributed by atoms with Crippen molar-refractivity contribution < 1.29 is 19.1 Å². The molecule has 0 radical (unpaired) electrons. The van der Waals surface area contributed by atoms with Crippen molar-refractivity contribution >= 4 is 17.6 Å². The standard InChI is InChI=1S/C11H13FN2O3/c1-14(6-5-9(15)16)8-4-2-3-7(12)10(8)11(13)17/h2-4H,5-6H2,1H3,(H2,13,17)(H,15,16). The van der Waals surface area contributed by atoms with E-state index in [9.17, 15) is 14.0 Å². The lowest BCUT2D eigenvalue weighted by Gasteiger charge is -2.20. The van der Waals surface area contributed by atoms with Crippen LogP contribution in [-0.2, 0) is 4.79 Å². The molecule has 0 heterocycles. The van der Waals surface area contributed by atoms with Gasteiger partial charge in [0.25, 0.3) is 5.91 Å². The predicted octanol–water partition coefficient (Wildman–Crippen LogP) is 0.835. The second-order valence-corrected chi connectivity index (χ2v) is 3.56. The van der Waals surface area contributed by atoms with Crippen LogP contribution in [0.25, 0.3) is 0 Å². The van der Waals surface area contributed by atoms with Gasteiger partial charge in [0, 0.05) is 13.6 Å². The van der Waals surface area contributed by atoms with E-state index in [0.717, 1.165) is 6.07 Å². The average molecular weight is 240 g/mol. The summed E-state index contributed by atoms with van der Waals surface area (Å²) in [5.41, 5.74) is 5.16. The molecule has 0 aliphatic heterocycles. The highest BCUT2D eigenvalue weighted by atomic mass is 19.1. The minimum atomic E-state index is -0.964. The first kappa shape index (κ1) is 13.0. The van der Waals surface area contributed by atoms with E-state index in [4.69, 9.17) is 10.8 Å². The zero-order valence-corrected chi connectivity index (χ0v) is 9.31. The van der Waals surface area contributed by atoms with E-state index in [2.05, 4.69) is 0 Å². The van der Waals surface area contributed by atoms with Gasteiger partial charge >= 0.3 is 5.97 Å². The van der Waals surface area contributed by atoms with Gasteiger partial charge in [-0.25, -0.2) is 4.39 Å². The van der Waals surface area contributed by atoms with Gasteiger partial charge in [0.15, 0.2) is 0 Å². The molecule has 0 aromatic heterocycles. The minimum Gasteiger partial charge on any atom is -0.481 e. The molecule has 5 nitrogen and oxygen atoms in total. The number of carboxylic acids is 1. The number of carbonyl (C=O) groups is 2. The highest BCUT2D eigenvalue weighted by Crippen LogP contribution is 2.21. The number of anilines is 1. The number of hydrogen-bond acceptors (Lipinski definition) is 3. The molecule has 0 spiro atoms. The Labute approximate surface area is 97.6 Å². The zero-order valence-electron chi connectivity index (χ0n) is 9.31. The Morgan fingerprint density at radius 3 is 2.65 bits per heavy atom. The summed E-state index contributed by atoms with van der Waals surface area (Å²) in [6.07, 6.45) is -0.106. The number of hydrogen-bond donors (Lipinski definition) is 2. The number of aliphatic carboxylic acids is 1. The molecule has 1 rings (SSSR count). The number of halogens is 1. The number of amides is 1. The maximum Gasteiger partial charge on any atom is 0.305 e. The van der Waals surface area contributed by atoms with Crippen molar-refractivity contribution in [3.05, 3.63) is 29.6 Å². The van der Waals surface area contributed by atoms with E-state index in [0.29, 0.717) is 5.69 Å². The largest absolute Gasteiger partial charge is 0.481 e. The van der Waals surface area contributed by atoms with Crippen molar-refractivity contribution in [2.45, 2.75) is 6.42 Å². The number of carboxylic acid groups (broad SMARTS) is 1. The Morgan fingerprint density at radius 1 is 1.47 bits per heavy atom. The van der Waals surface area contributed by atoms with Gasteiger partial charge in [-0.15, -0.1) is 0 Å². The summed E-state index contributed by atoms with van der Waals surface area (Å²) in [5.74, 6) is -2.55. The lowest BCUT2D eigenvalue weighted by atomic mass is 10.1. The Kier molecular flexibility index (Phi) is 4.03. The van der Waals surface area contributed by atoms with Crippen LogP contribution in [0.3, 0.4) is 0 Å². The SMILES string of the molecule is CN(CCC(=O)O)c1cccc(F)c1C(N)=O. The fraction of sp³-hybridized carbons (Fsp3) is 0.273. The van der Waals surface area contributed by atoms with Crippen LogP contribution in [0.1, 0.15) is 16.8 Å². The summed E-state index contributed by atoms with van der Waals surface area (Å²) < 4.78 is 13.4. The van der Waals surface area contributed by atoms with E-state index in [-0.39, 0.29) is 18.5 Å². The predicted molar refractivity (Wildman–Crippen MR) is 60.4 cm³/mol. The monoisotopic (exact) mass is 240 g/mol. The molecule has 0 atom stereocenters. The van der Waals surface area contributed by atoms with E-state index in [1.807, 2.05) is 0 Å². The molecule has 1 aromatic carbocycles. The fourth-order valence-electron chi connectivity index (χ4n) is 1.46. The summed E-state index contributed by atoms with van der Waals surface area (Å²) in [6, 6.07) is 4.09. The molecule has 1 aromatic rings. The van der Waals surface area contributed by atoms with E-state index < -0.39 is 17.7 Å². The van der Waals surface area contributed by atoms with Crippen LogP contribution in [0.15, 0.2) is 18.2 Å². The van der Waals surface area contributed by atoms with Crippen LogP contribution in [-0.4, -0.2) is 30.6 Å². The topological polar surface area (TPSA) is 83.6 Å². The molecular weight excluding hydrogens is 227 g/mol. The third-order valence-electron chi connectivity index (χ3n) is 2.31. The number of benzene rings is 1. The van der Waals surface area contributed by atoms with Gasteiger partial charge < -0.3 is 15.7 Å². The molecule has 0 bridgehead atoms. The number of nitrogens with zero attached hydrogens (tertiary/aromatic N) is 1. The van der Waals surface area contributed by atoms with Crippen LogP contribution < -0.4 is 10.6 Å². The molecule has 0 unspecified atom stereocenters. The van der Waals surface area contributed by atoms with E-state index >= 15 is 0 Å². The minimum absolute atomic E-state index is 0.106. The Hall–Kier alpha value is -2.11. The zero-order chi connectivity index (χ0) is 13.0. The molecule has 1 amide bonds. The van der Waals surface area contributed by atoms with Gasteiger partial charge in [0.2, 0.25) is 0 Å². The van der Waals surface area contributed by atoms with Crippen LogP contribution in [0.5, 0.6) is 0 Å². The Morgan fingerprint density at radius 2 is 2.12 bits per heavy atom. The first-order valence-corrected chi connectivity index (χ1v) is 4.94. The summed E-state index contributed by atoms with van der Waals surface area (Å²) in [7, 11) is 1.57. The van der Waals surface area contributed by atoms with Gasteiger partial charge in [-0.05, 0) is 12.1 Å². The van der Waals surface area contributed by atoms with Crippen molar-refractivity contribution in [2.75, 3.05) is 18.5 Å². The van der Waals surface area contributed by atoms with E-state index in [1.165, 1.54) is 17.0 Å². The van der Waals surface area contributed by atoms with Gasteiger partial charge in [-0.2, -0.15) is 0 Å². The second-order valence-electron chi connectivity index (χ2n) is 3.56. The van der Waals surface area contributed by atoms with Gasteiger partial charge in [0.1, 0.15) is 5.82 Å². The molecule has 6 heteroatoms. The highest BCUT2D eigenvalue weighted by molar-refractivity contribution is 5.99.